The lowest BCUT2D eigenvalue weighted by Crippen LogP contribution is -2.35. The number of rotatable bonds is 3. The molecule has 1 aliphatic heterocycles. The molecule has 1 heterocycles. The Kier molecular flexibility index (Phi) is 3.58. The lowest BCUT2D eigenvalue weighted by atomic mass is 10.3. The molecule has 0 aliphatic carbocycles. The summed E-state index contributed by atoms with van der Waals surface area (Å²) in [6, 6.07) is 5.66. The van der Waals surface area contributed by atoms with Gasteiger partial charge in [-0.2, -0.15) is 0 Å². The minimum atomic E-state index is -0.325. The number of ether oxygens (including phenoxy) is 1. The van der Waals surface area contributed by atoms with Gasteiger partial charge in [0.2, 0.25) is 0 Å². The molecule has 0 bridgehead atoms. The van der Waals surface area contributed by atoms with Crippen LogP contribution in [0.2, 0.25) is 0 Å². The smallest absolute Gasteiger partial charge is 0.260 e. The van der Waals surface area contributed by atoms with Crippen molar-refractivity contribution in [2.24, 2.45) is 5.73 Å². The quantitative estimate of drug-likeness (QED) is 0.846. The van der Waals surface area contributed by atoms with Crippen LogP contribution in [0.25, 0.3) is 0 Å². The van der Waals surface area contributed by atoms with Crippen LogP contribution in [0.3, 0.4) is 0 Å². The molecule has 1 amide bonds. The second kappa shape index (κ2) is 5.14. The van der Waals surface area contributed by atoms with Gasteiger partial charge in [-0.3, -0.25) is 4.79 Å². The Balaban J connectivity index is 1.82. The molecule has 0 aromatic heterocycles. The Bertz CT molecular complexity index is 394. The van der Waals surface area contributed by atoms with E-state index in [-0.39, 0.29) is 24.4 Å². The maximum Gasteiger partial charge on any atom is 0.260 e. The van der Waals surface area contributed by atoms with Gasteiger partial charge in [-0.05, 0) is 30.7 Å². The molecule has 2 rings (SSSR count). The molecule has 1 aromatic rings. The Morgan fingerprint density at radius 3 is 2.76 bits per heavy atom. The number of carbonyl (C=O) groups excluding carboxylic acids is 1. The molecule has 17 heavy (non-hydrogen) atoms. The van der Waals surface area contributed by atoms with Crippen molar-refractivity contribution in [3.05, 3.63) is 30.1 Å². The van der Waals surface area contributed by atoms with E-state index in [1.54, 1.807) is 4.90 Å². The zero-order valence-electron chi connectivity index (χ0n) is 9.43. The van der Waals surface area contributed by atoms with Gasteiger partial charge in [-0.15, -0.1) is 0 Å². The average molecular weight is 238 g/mol. The van der Waals surface area contributed by atoms with E-state index in [1.807, 2.05) is 0 Å². The van der Waals surface area contributed by atoms with Crippen molar-refractivity contribution in [1.82, 2.24) is 4.90 Å². The number of amides is 1. The maximum absolute atomic E-state index is 12.6. The van der Waals surface area contributed by atoms with Crippen LogP contribution in [0.15, 0.2) is 24.3 Å². The van der Waals surface area contributed by atoms with Gasteiger partial charge in [-0.1, -0.05) is 0 Å². The second-order valence-electron chi connectivity index (χ2n) is 4.13. The SMILES string of the molecule is N[C@H]1CCN(C(=O)COc2ccc(F)cc2)C1. The summed E-state index contributed by atoms with van der Waals surface area (Å²) < 4.78 is 17.9. The molecule has 1 aliphatic rings. The highest BCUT2D eigenvalue weighted by Crippen LogP contribution is 2.12. The topological polar surface area (TPSA) is 55.6 Å². The number of hydrogen-bond donors (Lipinski definition) is 1. The zero-order chi connectivity index (χ0) is 12.3. The van der Waals surface area contributed by atoms with Crippen LogP contribution in [-0.2, 0) is 4.79 Å². The standard InChI is InChI=1S/C12H15FN2O2/c13-9-1-3-11(4-2-9)17-8-12(16)15-6-5-10(14)7-15/h1-4,10H,5-8,14H2/t10-/m0/s1. The van der Waals surface area contributed by atoms with Crippen molar-refractivity contribution < 1.29 is 13.9 Å². The van der Waals surface area contributed by atoms with Gasteiger partial charge in [0.05, 0.1) is 0 Å². The van der Waals surface area contributed by atoms with Gasteiger partial charge in [0.25, 0.3) is 5.91 Å². The lowest BCUT2D eigenvalue weighted by Gasteiger charge is -2.15. The lowest BCUT2D eigenvalue weighted by molar-refractivity contribution is -0.132. The van der Waals surface area contributed by atoms with Crippen molar-refractivity contribution in [2.75, 3.05) is 19.7 Å². The van der Waals surface area contributed by atoms with Gasteiger partial charge in [0.1, 0.15) is 11.6 Å². The Labute approximate surface area is 99.2 Å². The summed E-state index contributed by atoms with van der Waals surface area (Å²) in [5.74, 6) is 0.0831. The normalized spacial score (nSPS) is 19.4. The van der Waals surface area contributed by atoms with E-state index in [4.69, 9.17) is 10.5 Å². The highest BCUT2D eigenvalue weighted by atomic mass is 19.1. The molecule has 1 aromatic carbocycles. The highest BCUT2D eigenvalue weighted by molar-refractivity contribution is 5.78. The number of carbonyl (C=O) groups is 1. The zero-order valence-corrected chi connectivity index (χ0v) is 9.43. The summed E-state index contributed by atoms with van der Waals surface area (Å²) in [4.78, 5) is 13.4. The number of likely N-dealkylation sites (tertiary alicyclic amines) is 1. The van der Waals surface area contributed by atoms with E-state index in [0.29, 0.717) is 18.8 Å². The average Bonchev–Trinajstić information content (AvgIpc) is 2.75. The third-order valence-corrected chi connectivity index (χ3v) is 2.75. The minimum absolute atomic E-state index is 0.0294. The van der Waals surface area contributed by atoms with Gasteiger partial charge < -0.3 is 15.4 Å². The van der Waals surface area contributed by atoms with Crippen LogP contribution in [0.4, 0.5) is 4.39 Å². The van der Waals surface area contributed by atoms with Crippen LogP contribution in [0, 0.1) is 5.82 Å². The summed E-state index contributed by atoms with van der Waals surface area (Å²) in [5, 5.41) is 0. The van der Waals surface area contributed by atoms with Crippen molar-refractivity contribution in [3.8, 4) is 5.75 Å². The summed E-state index contributed by atoms with van der Waals surface area (Å²) >= 11 is 0. The summed E-state index contributed by atoms with van der Waals surface area (Å²) in [5.41, 5.74) is 5.71. The first-order chi connectivity index (χ1) is 8.15. The monoisotopic (exact) mass is 238 g/mol. The third kappa shape index (κ3) is 3.17. The number of halogens is 1. The Hall–Kier alpha value is -1.62. The Morgan fingerprint density at radius 1 is 1.47 bits per heavy atom. The molecular formula is C12H15FN2O2. The number of hydrogen-bond acceptors (Lipinski definition) is 3. The minimum Gasteiger partial charge on any atom is -0.484 e. The molecule has 0 radical (unpaired) electrons. The fourth-order valence-corrected chi connectivity index (χ4v) is 1.78. The van der Waals surface area contributed by atoms with Crippen molar-refractivity contribution >= 4 is 5.91 Å². The van der Waals surface area contributed by atoms with E-state index >= 15 is 0 Å². The summed E-state index contributed by atoms with van der Waals surface area (Å²) in [6.07, 6.45) is 0.836. The molecule has 1 fully saturated rings. The molecule has 2 N–H and O–H groups in total. The number of benzene rings is 1. The van der Waals surface area contributed by atoms with Crippen LogP contribution in [0.5, 0.6) is 5.75 Å². The molecule has 1 saturated heterocycles. The van der Waals surface area contributed by atoms with Crippen molar-refractivity contribution in [2.45, 2.75) is 12.5 Å². The van der Waals surface area contributed by atoms with E-state index < -0.39 is 0 Å². The fourth-order valence-electron chi connectivity index (χ4n) is 1.78. The molecule has 0 unspecified atom stereocenters. The predicted molar refractivity (Wildman–Crippen MR) is 61.1 cm³/mol. The molecular weight excluding hydrogens is 223 g/mol. The highest BCUT2D eigenvalue weighted by Gasteiger charge is 2.23. The van der Waals surface area contributed by atoms with Gasteiger partial charge in [0.15, 0.2) is 6.61 Å². The predicted octanol–water partition coefficient (Wildman–Crippen LogP) is 0.764. The molecule has 92 valence electrons. The van der Waals surface area contributed by atoms with Crippen molar-refractivity contribution in [1.29, 1.82) is 0 Å². The maximum atomic E-state index is 12.6. The molecule has 5 heteroatoms. The fraction of sp³-hybridized carbons (Fsp3) is 0.417. The summed E-state index contributed by atoms with van der Waals surface area (Å²) in [6.45, 7) is 1.25. The number of nitrogens with two attached hydrogens (primary N) is 1. The van der Waals surface area contributed by atoms with Gasteiger partial charge in [0, 0.05) is 19.1 Å². The van der Waals surface area contributed by atoms with E-state index in [0.717, 1.165) is 6.42 Å². The largest absolute Gasteiger partial charge is 0.484 e. The molecule has 0 spiro atoms. The van der Waals surface area contributed by atoms with E-state index in [9.17, 15) is 9.18 Å². The van der Waals surface area contributed by atoms with E-state index in [2.05, 4.69) is 0 Å². The van der Waals surface area contributed by atoms with Crippen LogP contribution in [0.1, 0.15) is 6.42 Å². The van der Waals surface area contributed by atoms with E-state index in [1.165, 1.54) is 24.3 Å². The van der Waals surface area contributed by atoms with Crippen LogP contribution < -0.4 is 10.5 Å². The first-order valence-corrected chi connectivity index (χ1v) is 5.57. The van der Waals surface area contributed by atoms with Crippen molar-refractivity contribution in [3.63, 3.8) is 0 Å². The molecule has 0 saturated carbocycles. The molecule has 1 atom stereocenters. The number of nitrogens with zero attached hydrogens (tertiary/aromatic N) is 1. The van der Waals surface area contributed by atoms with Gasteiger partial charge in [-0.25, -0.2) is 4.39 Å². The molecule has 4 nitrogen and oxygen atoms in total. The Morgan fingerprint density at radius 2 is 2.18 bits per heavy atom. The summed E-state index contributed by atoms with van der Waals surface area (Å²) in [7, 11) is 0. The second-order valence-corrected chi connectivity index (χ2v) is 4.13. The van der Waals surface area contributed by atoms with Gasteiger partial charge >= 0.3 is 0 Å². The first-order valence-electron chi connectivity index (χ1n) is 5.57. The first kappa shape index (κ1) is 11.9. The van der Waals surface area contributed by atoms with Crippen LogP contribution >= 0.6 is 0 Å². The third-order valence-electron chi connectivity index (χ3n) is 2.75. The van der Waals surface area contributed by atoms with Crippen LogP contribution in [-0.4, -0.2) is 36.5 Å².